The van der Waals surface area contributed by atoms with E-state index in [1.54, 1.807) is 6.07 Å². The van der Waals surface area contributed by atoms with Crippen molar-refractivity contribution < 1.29 is 25.2 Å². The first-order valence-corrected chi connectivity index (χ1v) is 11.2. The lowest BCUT2D eigenvalue weighted by atomic mass is 9.48. The second kappa shape index (κ2) is 7.36. The minimum Gasteiger partial charge on any atom is -0.508 e. The van der Waals surface area contributed by atoms with E-state index in [0.29, 0.717) is 29.7 Å². The van der Waals surface area contributed by atoms with Crippen LogP contribution in [0.15, 0.2) is 30.3 Å². The molecule has 0 aromatic heterocycles. The standard InChI is InChI=1S/C25H29NO5/c27-18-1-2-21(28)17(8-18)3-4-26-24(31)19-9-20(23(30)10-22(19)29)25-11-14-5-15(12-25)7-16(6-14)13-25/h1-2,8-10,14-16,27-30H,3-7,11-13H2,(H,26,31). The fraction of sp³-hybridized carbons (Fsp3) is 0.480. The van der Waals surface area contributed by atoms with Crippen molar-refractivity contribution in [3.63, 3.8) is 0 Å². The van der Waals surface area contributed by atoms with Gasteiger partial charge in [0.2, 0.25) is 0 Å². The van der Waals surface area contributed by atoms with Gasteiger partial charge in [0, 0.05) is 18.2 Å². The molecule has 4 saturated carbocycles. The quantitative estimate of drug-likeness (QED) is 0.468. The number of phenolic OH excluding ortho intramolecular Hbond substituents is 4. The predicted octanol–water partition coefficient (Wildman–Crippen LogP) is 3.95. The molecule has 4 aliphatic rings. The Kier molecular flexibility index (Phi) is 4.76. The van der Waals surface area contributed by atoms with Crippen LogP contribution in [0.25, 0.3) is 0 Å². The van der Waals surface area contributed by atoms with E-state index in [4.69, 9.17) is 0 Å². The Morgan fingerprint density at radius 3 is 2.16 bits per heavy atom. The van der Waals surface area contributed by atoms with Gasteiger partial charge in [0.1, 0.15) is 23.0 Å². The number of carbonyl (C=O) groups excluding carboxylic acids is 1. The molecule has 0 radical (unpaired) electrons. The van der Waals surface area contributed by atoms with Gasteiger partial charge in [-0.1, -0.05) is 0 Å². The molecular weight excluding hydrogens is 394 g/mol. The van der Waals surface area contributed by atoms with E-state index >= 15 is 0 Å². The van der Waals surface area contributed by atoms with Crippen LogP contribution in [0.1, 0.15) is 60.0 Å². The summed E-state index contributed by atoms with van der Waals surface area (Å²) in [6.07, 6.45) is 7.35. The van der Waals surface area contributed by atoms with E-state index < -0.39 is 5.91 Å². The fourth-order valence-corrected chi connectivity index (χ4v) is 6.80. The molecule has 4 bridgehead atoms. The van der Waals surface area contributed by atoms with Crippen LogP contribution in [0, 0.1) is 17.8 Å². The Morgan fingerprint density at radius 1 is 0.871 bits per heavy atom. The van der Waals surface area contributed by atoms with Gasteiger partial charge in [0.25, 0.3) is 5.91 Å². The lowest BCUT2D eigenvalue weighted by Crippen LogP contribution is -2.48. The zero-order valence-electron chi connectivity index (χ0n) is 17.5. The molecule has 0 spiro atoms. The second-order valence-electron chi connectivity index (χ2n) is 9.90. The highest BCUT2D eigenvalue weighted by atomic mass is 16.3. The van der Waals surface area contributed by atoms with E-state index in [0.717, 1.165) is 24.8 Å². The maximum Gasteiger partial charge on any atom is 0.255 e. The third-order valence-corrected chi connectivity index (χ3v) is 7.71. The van der Waals surface area contributed by atoms with Crippen LogP contribution in [0.2, 0.25) is 0 Å². The normalized spacial score (nSPS) is 28.6. The summed E-state index contributed by atoms with van der Waals surface area (Å²) in [5.74, 6) is 1.65. The molecule has 0 atom stereocenters. The van der Waals surface area contributed by atoms with Crippen molar-refractivity contribution in [3.05, 3.63) is 47.0 Å². The fourth-order valence-electron chi connectivity index (χ4n) is 6.80. The van der Waals surface area contributed by atoms with Crippen molar-refractivity contribution >= 4 is 5.91 Å². The Morgan fingerprint density at radius 2 is 1.52 bits per heavy atom. The van der Waals surface area contributed by atoms with Crippen molar-refractivity contribution in [2.45, 2.75) is 50.4 Å². The number of hydrogen-bond donors (Lipinski definition) is 5. The van der Waals surface area contributed by atoms with Crippen molar-refractivity contribution in [2.24, 2.45) is 17.8 Å². The van der Waals surface area contributed by atoms with Crippen LogP contribution in [-0.2, 0) is 11.8 Å². The summed E-state index contributed by atoms with van der Waals surface area (Å²) in [6.45, 7) is 0.239. The maximum atomic E-state index is 12.8. The summed E-state index contributed by atoms with van der Waals surface area (Å²) < 4.78 is 0. The number of phenols is 4. The minimum atomic E-state index is -0.414. The SMILES string of the molecule is O=C(NCCc1cc(O)ccc1O)c1cc(C23CC4CC(CC(C4)C2)C3)c(O)cc1O. The average Bonchev–Trinajstić information content (AvgIpc) is 2.69. The second-order valence-corrected chi connectivity index (χ2v) is 9.90. The molecule has 1 amide bonds. The molecule has 5 N–H and O–H groups in total. The molecular formula is C25H29NO5. The van der Waals surface area contributed by atoms with Gasteiger partial charge < -0.3 is 25.7 Å². The summed E-state index contributed by atoms with van der Waals surface area (Å²) in [5, 5.41) is 43.3. The number of rotatable bonds is 5. The Labute approximate surface area is 181 Å². The number of benzene rings is 2. The van der Waals surface area contributed by atoms with Gasteiger partial charge >= 0.3 is 0 Å². The number of nitrogens with one attached hydrogen (secondary N) is 1. The van der Waals surface area contributed by atoms with Crippen molar-refractivity contribution in [2.75, 3.05) is 6.54 Å². The summed E-state index contributed by atoms with van der Waals surface area (Å²) in [7, 11) is 0. The molecule has 6 heteroatoms. The highest BCUT2D eigenvalue weighted by molar-refractivity contribution is 5.97. The van der Waals surface area contributed by atoms with Gasteiger partial charge in [-0.2, -0.15) is 0 Å². The number of hydrogen-bond acceptors (Lipinski definition) is 5. The Balaban J connectivity index is 1.35. The van der Waals surface area contributed by atoms with Crippen LogP contribution in [0.4, 0.5) is 0 Å². The maximum absolute atomic E-state index is 12.8. The van der Waals surface area contributed by atoms with Gasteiger partial charge in [-0.15, -0.1) is 0 Å². The highest BCUT2D eigenvalue weighted by Gasteiger charge is 2.52. The Hall–Kier alpha value is -2.89. The first kappa shape index (κ1) is 20.0. The molecule has 6 rings (SSSR count). The Bertz CT molecular complexity index is 996. The first-order chi connectivity index (χ1) is 14.8. The van der Waals surface area contributed by atoms with E-state index in [1.807, 2.05) is 0 Å². The minimum absolute atomic E-state index is 0.0514. The largest absolute Gasteiger partial charge is 0.508 e. The molecule has 0 aliphatic heterocycles. The third kappa shape index (κ3) is 3.58. The summed E-state index contributed by atoms with van der Waals surface area (Å²) in [4.78, 5) is 12.8. The monoisotopic (exact) mass is 423 g/mol. The van der Waals surface area contributed by atoms with E-state index in [2.05, 4.69) is 5.32 Å². The molecule has 2 aromatic rings. The zero-order valence-corrected chi connectivity index (χ0v) is 17.5. The summed E-state index contributed by atoms with van der Waals surface area (Å²) in [6, 6.07) is 7.28. The van der Waals surface area contributed by atoms with Gasteiger partial charge in [0.15, 0.2) is 0 Å². The molecule has 31 heavy (non-hydrogen) atoms. The number of carbonyl (C=O) groups is 1. The van der Waals surface area contributed by atoms with Crippen LogP contribution in [0.5, 0.6) is 23.0 Å². The smallest absolute Gasteiger partial charge is 0.255 e. The van der Waals surface area contributed by atoms with Crippen molar-refractivity contribution in [1.82, 2.24) is 5.32 Å². The van der Waals surface area contributed by atoms with Gasteiger partial charge in [-0.3, -0.25) is 4.79 Å². The summed E-state index contributed by atoms with van der Waals surface area (Å²) >= 11 is 0. The zero-order chi connectivity index (χ0) is 21.8. The average molecular weight is 424 g/mol. The van der Waals surface area contributed by atoms with Crippen LogP contribution >= 0.6 is 0 Å². The lowest BCUT2D eigenvalue weighted by Gasteiger charge is -2.57. The molecule has 0 saturated heterocycles. The van der Waals surface area contributed by atoms with Crippen LogP contribution < -0.4 is 5.32 Å². The van der Waals surface area contributed by atoms with Gasteiger partial charge in [-0.25, -0.2) is 0 Å². The van der Waals surface area contributed by atoms with Gasteiger partial charge in [0.05, 0.1) is 5.56 Å². The van der Waals surface area contributed by atoms with E-state index in [-0.39, 0.29) is 40.5 Å². The summed E-state index contributed by atoms with van der Waals surface area (Å²) in [5.41, 5.74) is 1.42. The first-order valence-electron chi connectivity index (χ1n) is 11.2. The van der Waals surface area contributed by atoms with Crippen molar-refractivity contribution in [3.8, 4) is 23.0 Å². The topological polar surface area (TPSA) is 110 Å². The molecule has 2 aromatic carbocycles. The molecule has 4 aliphatic carbocycles. The molecule has 0 heterocycles. The van der Waals surface area contributed by atoms with E-state index in [1.165, 1.54) is 43.5 Å². The molecule has 6 nitrogen and oxygen atoms in total. The number of aromatic hydroxyl groups is 4. The van der Waals surface area contributed by atoms with Crippen molar-refractivity contribution in [1.29, 1.82) is 0 Å². The lowest BCUT2D eigenvalue weighted by molar-refractivity contribution is -0.00617. The highest BCUT2D eigenvalue weighted by Crippen LogP contribution is 2.62. The molecule has 0 unspecified atom stereocenters. The predicted molar refractivity (Wildman–Crippen MR) is 115 cm³/mol. The number of amides is 1. The molecule has 4 fully saturated rings. The van der Waals surface area contributed by atoms with Gasteiger partial charge in [-0.05, 0) is 97.9 Å². The van der Waals surface area contributed by atoms with Crippen LogP contribution in [0.3, 0.4) is 0 Å². The molecule has 164 valence electrons. The third-order valence-electron chi connectivity index (χ3n) is 7.71. The van der Waals surface area contributed by atoms with Crippen LogP contribution in [-0.4, -0.2) is 32.9 Å². The van der Waals surface area contributed by atoms with E-state index in [9.17, 15) is 25.2 Å².